The molecular formula is C27H12F3N3. The second kappa shape index (κ2) is 5.41. The van der Waals surface area contributed by atoms with Crippen LogP contribution in [0, 0.1) is 0 Å². The molecule has 4 aromatic carbocycles. The number of para-hydroxylation sites is 3. The minimum Gasteiger partial charge on any atom is -0.307 e. The summed E-state index contributed by atoms with van der Waals surface area (Å²) in [6.07, 6.45) is -4.44. The zero-order valence-electron chi connectivity index (χ0n) is 16.9. The molecule has 0 spiro atoms. The molecule has 8 rings (SSSR count). The summed E-state index contributed by atoms with van der Waals surface area (Å²) >= 11 is 0. The molecule has 1 aliphatic rings. The monoisotopic (exact) mass is 435 g/mol. The van der Waals surface area contributed by atoms with Crippen LogP contribution in [0.25, 0.3) is 71.6 Å². The van der Waals surface area contributed by atoms with Crippen molar-refractivity contribution in [2.75, 3.05) is 0 Å². The Morgan fingerprint density at radius 1 is 0.576 bits per heavy atom. The van der Waals surface area contributed by atoms with Gasteiger partial charge in [0.05, 0.1) is 44.5 Å². The smallest absolute Gasteiger partial charge is 0.307 e. The van der Waals surface area contributed by atoms with Gasteiger partial charge in [0.2, 0.25) is 0 Å². The first-order valence-electron chi connectivity index (χ1n) is 10.6. The Morgan fingerprint density at radius 2 is 1.09 bits per heavy atom. The maximum Gasteiger partial charge on any atom is 0.416 e. The quantitative estimate of drug-likeness (QED) is 0.248. The SMILES string of the molecule is FC(F)(F)c1ccc2nc3c(nc2c1)-c1cccc2c4cccc5c6cccc-3c6n(c12)c54. The average Bonchev–Trinajstić information content (AvgIpc) is 3.30. The van der Waals surface area contributed by atoms with Gasteiger partial charge in [-0.25, -0.2) is 9.97 Å². The van der Waals surface area contributed by atoms with Gasteiger partial charge in [0.1, 0.15) is 0 Å². The molecule has 0 atom stereocenters. The topological polar surface area (TPSA) is 30.2 Å². The fraction of sp³-hybridized carbons (Fsp3) is 0.0370. The number of fused-ring (bicyclic) bond motifs is 6. The third-order valence-electron chi connectivity index (χ3n) is 6.86. The third-order valence-corrected chi connectivity index (χ3v) is 6.86. The fourth-order valence-corrected chi connectivity index (χ4v) is 5.55. The number of halogens is 3. The summed E-state index contributed by atoms with van der Waals surface area (Å²) in [5.74, 6) is 0. The molecule has 0 aliphatic carbocycles. The maximum atomic E-state index is 13.4. The minimum absolute atomic E-state index is 0.237. The van der Waals surface area contributed by atoms with E-state index in [-0.39, 0.29) is 5.52 Å². The van der Waals surface area contributed by atoms with Gasteiger partial charge in [-0.05, 0) is 18.2 Å². The van der Waals surface area contributed by atoms with Crippen LogP contribution in [0.5, 0.6) is 0 Å². The first kappa shape index (κ1) is 17.4. The highest BCUT2D eigenvalue weighted by Gasteiger charge is 2.32. The largest absolute Gasteiger partial charge is 0.416 e. The van der Waals surface area contributed by atoms with Gasteiger partial charge in [-0.3, -0.25) is 0 Å². The third kappa shape index (κ3) is 1.98. The lowest BCUT2D eigenvalue weighted by Crippen LogP contribution is -2.05. The van der Waals surface area contributed by atoms with Crippen molar-refractivity contribution in [1.82, 2.24) is 14.4 Å². The van der Waals surface area contributed by atoms with Gasteiger partial charge in [-0.2, -0.15) is 13.2 Å². The molecule has 0 saturated heterocycles. The molecule has 3 nitrogen and oxygen atoms in total. The summed E-state index contributed by atoms with van der Waals surface area (Å²) in [6, 6.07) is 22.1. The van der Waals surface area contributed by atoms with Gasteiger partial charge in [-0.1, -0.05) is 54.6 Å². The predicted molar refractivity (Wildman–Crippen MR) is 124 cm³/mol. The molecule has 7 aromatic rings. The van der Waals surface area contributed by atoms with E-state index in [1.165, 1.54) is 11.5 Å². The van der Waals surface area contributed by atoms with E-state index >= 15 is 0 Å². The van der Waals surface area contributed by atoms with Crippen molar-refractivity contribution in [1.29, 1.82) is 0 Å². The van der Waals surface area contributed by atoms with E-state index in [2.05, 4.69) is 34.7 Å². The first-order valence-corrected chi connectivity index (χ1v) is 10.6. The molecule has 0 N–H and O–H groups in total. The molecule has 0 saturated carbocycles. The average molecular weight is 435 g/mol. The van der Waals surface area contributed by atoms with E-state index < -0.39 is 11.7 Å². The molecule has 0 bridgehead atoms. The van der Waals surface area contributed by atoms with E-state index in [0.717, 1.165) is 56.0 Å². The summed E-state index contributed by atoms with van der Waals surface area (Å²) in [5.41, 5.74) is 6.30. The van der Waals surface area contributed by atoms with E-state index in [0.29, 0.717) is 16.9 Å². The summed E-state index contributed by atoms with van der Waals surface area (Å²) in [6.45, 7) is 0. The number of benzene rings is 4. The van der Waals surface area contributed by atoms with Gasteiger partial charge in [0.15, 0.2) is 0 Å². The van der Waals surface area contributed by atoms with Crippen molar-refractivity contribution < 1.29 is 13.2 Å². The Bertz CT molecular complexity index is 1960. The fourth-order valence-electron chi connectivity index (χ4n) is 5.55. The zero-order valence-corrected chi connectivity index (χ0v) is 16.9. The second-order valence-corrected chi connectivity index (χ2v) is 8.56. The molecule has 0 radical (unpaired) electrons. The van der Waals surface area contributed by atoms with Crippen LogP contribution in [-0.2, 0) is 6.18 Å². The summed E-state index contributed by atoms with van der Waals surface area (Å²) in [4.78, 5) is 9.65. The van der Waals surface area contributed by atoms with Crippen LogP contribution in [0.4, 0.5) is 13.2 Å². The second-order valence-electron chi connectivity index (χ2n) is 8.56. The molecule has 3 aromatic heterocycles. The van der Waals surface area contributed by atoms with Crippen molar-refractivity contribution >= 4 is 49.1 Å². The molecule has 6 heteroatoms. The molecule has 0 amide bonds. The Morgan fingerprint density at radius 3 is 1.67 bits per heavy atom. The lowest BCUT2D eigenvalue weighted by atomic mass is 10.0. The molecule has 33 heavy (non-hydrogen) atoms. The lowest BCUT2D eigenvalue weighted by Gasteiger charge is -2.12. The highest BCUT2D eigenvalue weighted by Crippen LogP contribution is 2.48. The Balaban J connectivity index is 1.64. The molecule has 156 valence electrons. The van der Waals surface area contributed by atoms with E-state index in [4.69, 9.17) is 9.97 Å². The van der Waals surface area contributed by atoms with Crippen molar-refractivity contribution in [2.24, 2.45) is 0 Å². The van der Waals surface area contributed by atoms with E-state index in [1.54, 1.807) is 0 Å². The van der Waals surface area contributed by atoms with Crippen molar-refractivity contribution in [3.8, 4) is 22.5 Å². The van der Waals surface area contributed by atoms with Crippen LogP contribution >= 0.6 is 0 Å². The Hall–Kier alpha value is -4.19. The van der Waals surface area contributed by atoms with Gasteiger partial charge in [0, 0.05) is 32.7 Å². The molecule has 4 heterocycles. The number of nitrogens with zero attached hydrogens (tertiary/aromatic N) is 3. The van der Waals surface area contributed by atoms with Gasteiger partial charge in [-0.15, -0.1) is 0 Å². The molecular weight excluding hydrogens is 423 g/mol. The van der Waals surface area contributed by atoms with Crippen LogP contribution in [0.2, 0.25) is 0 Å². The van der Waals surface area contributed by atoms with Gasteiger partial charge < -0.3 is 4.40 Å². The molecule has 0 unspecified atom stereocenters. The van der Waals surface area contributed by atoms with Crippen molar-refractivity contribution in [3.05, 3.63) is 78.4 Å². The molecule has 0 fully saturated rings. The lowest BCUT2D eigenvalue weighted by molar-refractivity contribution is -0.137. The maximum absolute atomic E-state index is 13.4. The standard InChI is InChI=1S/C27H12F3N3/c28-27(29,30)13-10-11-20-21(12-13)32-23-19-9-3-7-17-15-5-1-4-14-16-6-2-8-18(22(23)31-20)25(16)33(24(14)15)26(17)19/h1-12H. The van der Waals surface area contributed by atoms with Crippen molar-refractivity contribution in [2.45, 2.75) is 6.18 Å². The highest BCUT2D eigenvalue weighted by atomic mass is 19.4. The number of alkyl halides is 3. The molecule has 1 aliphatic heterocycles. The van der Waals surface area contributed by atoms with Gasteiger partial charge in [0.25, 0.3) is 0 Å². The van der Waals surface area contributed by atoms with Crippen LogP contribution in [0.1, 0.15) is 5.56 Å². The predicted octanol–water partition coefficient (Wildman–Crippen LogP) is 7.45. The Labute approximate surface area is 184 Å². The van der Waals surface area contributed by atoms with Crippen molar-refractivity contribution in [3.63, 3.8) is 0 Å². The van der Waals surface area contributed by atoms with E-state index in [9.17, 15) is 13.2 Å². The zero-order chi connectivity index (χ0) is 22.1. The Kier molecular flexibility index (Phi) is 2.85. The summed E-state index contributed by atoms with van der Waals surface area (Å²) in [5, 5.41) is 4.57. The van der Waals surface area contributed by atoms with Gasteiger partial charge >= 0.3 is 6.18 Å². The normalized spacial score (nSPS) is 13.3. The number of rotatable bonds is 0. The summed E-state index contributed by atoms with van der Waals surface area (Å²) < 4.78 is 42.4. The number of aromatic nitrogens is 3. The van der Waals surface area contributed by atoms with Crippen LogP contribution in [-0.4, -0.2) is 14.4 Å². The first-order chi connectivity index (χ1) is 16.0. The minimum atomic E-state index is -4.44. The summed E-state index contributed by atoms with van der Waals surface area (Å²) in [7, 11) is 0. The van der Waals surface area contributed by atoms with E-state index in [1.807, 2.05) is 24.3 Å². The number of hydrogen-bond donors (Lipinski definition) is 0. The van der Waals surface area contributed by atoms with Crippen LogP contribution in [0.3, 0.4) is 0 Å². The van der Waals surface area contributed by atoms with Crippen LogP contribution < -0.4 is 0 Å². The highest BCUT2D eigenvalue weighted by molar-refractivity contribution is 6.27. The number of hydrogen-bond acceptors (Lipinski definition) is 2. The van der Waals surface area contributed by atoms with Crippen LogP contribution in [0.15, 0.2) is 72.8 Å².